The number of esters is 1. The fraction of sp³-hybridized carbons (Fsp3) is 0.100. The van der Waals surface area contributed by atoms with Crippen molar-refractivity contribution in [1.82, 2.24) is 0 Å². The van der Waals surface area contributed by atoms with Crippen LogP contribution in [0, 0.1) is 11.3 Å². The van der Waals surface area contributed by atoms with Crippen LogP contribution in [0.4, 0.5) is 0 Å². The molecule has 3 aromatic carbocycles. The van der Waals surface area contributed by atoms with Gasteiger partial charge in [-0.15, -0.1) is 0 Å². The van der Waals surface area contributed by atoms with Gasteiger partial charge in [-0.1, -0.05) is 24.3 Å². The molecule has 0 bridgehead atoms. The first-order valence-corrected chi connectivity index (χ1v) is 7.60. The topological polar surface area (TPSA) is 68.6 Å². The number of hydrogen-bond donors (Lipinski definition) is 0. The molecule has 5 nitrogen and oxygen atoms in total. The third-order valence-electron chi connectivity index (χ3n) is 3.60. The summed E-state index contributed by atoms with van der Waals surface area (Å²) in [6, 6.07) is 19.7. The molecule has 0 fully saturated rings. The van der Waals surface area contributed by atoms with E-state index in [9.17, 15) is 4.79 Å². The van der Waals surface area contributed by atoms with Crippen LogP contribution in [0.3, 0.4) is 0 Å². The van der Waals surface area contributed by atoms with Crippen molar-refractivity contribution in [2.45, 2.75) is 0 Å². The van der Waals surface area contributed by atoms with Crippen LogP contribution in [0.15, 0.2) is 60.7 Å². The quantitative estimate of drug-likeness (QED) is 0.526. The van der Waals surface area contributed by atoms with E-state index in [4.69, 9.17) is 19.5 Å². The first kappa shape index (κ1) is 16.3. The Morgan fingerprint density at radius 2 is 1.72 bits per heavy atom. The van der Waals surface area contributed by atoms with Crippen LogP contribution in [0.2, 0.25) is 0 Å². The van der Waals surface area contributed by atoms with E-state index in [1.165, 1.54) is 0 Å². The lowest BCUT2D eigenvalue weighted by Crippen LogP contribution is -2.18. The number of para-hydroxylation sites is 1. The molecule has 0 aliphatic carbocycles. The van der Waals surface area contributed by atoms with Crippen molar-refractivity contribution in [3.05, 3.63) is 66.2 Å². The lowest BCUT2D eigenvalue weighted by molar-refractivity contribution is -0.136. The molecule has 25 heavy (non-hydrogen) atoms. The second kappa shape index (κ2) is 7.37. The molecule has 124 valence electrons. The molecule has 0 amide bonds. The largest absolute Gasteiger partial charge is 0.497 e. The minimum Gasteiger partial charge on any atom is -0.497 e. The summed E-state index contributed by atoms with van der Waals surface area (Å²) in [6.07, 6.45) is 0. The maximum absolute atomic E-state index is 12.0. The lowest BCUT2D eigenvalue weighted by atomic mass is 10.1. The van der Waals surface area contributed by atoms with Crippen LogP contribution in [-0.4, -0.2) is 19.7 Å². The summed E-state index contributed by atoms with van der Waals surface area (Å²) >= 11 is 0. The highest BCUT2D eigenvalue weighted by Gasteiger charge is 2.09. The van der Waals surface area contributed by atoms with Crippen LogP contribution >= 0.6 is 0 Å². The number of nitrogens with zero attached hydrogens (tertiary/aromatic N) is 1. The summed E-state index contributed by atoms with van der Waals surface area (Å²) in [6.45, 7) is -0.283. The summed E-state index contributed by atoms with van der Waals surface area (Å²) < 4.78 is 15.9. The molecule has 3 aromatic rings. The summed E-state index contributed by atoms with van der Waals surface area (Å²) in [5.41, 5.74) is 0.369. The SMILES string of the molecule is COc1ccc2ccc(OC(=O)COc3ccccc3C#N)cc2c1. The summed E-state index contributed by atoms with van der Waals surface area (Å²) in [5.74, 6) is 0.954. The Labute approximate surface area is 145 Å². The van der Waals surface area contributed by atoms with Crippen molar-refractivity contribution in [3.63, 3.8) is 0 Å². The number of benzene rings is 3. The zero-order valence-corrected chi connectivity index (χ0v) is 13.6. The van der Waals surface area contributed by atoms with Crippen molar-refractivity contribution in [2.75, 3.05) is 13.7 Å². The molecule has 0 aliphatic heterocycles. The molecule has 0 radical (unpaired) electrons. The Kier molecular flexibility index (Phi) is 4.82. The molecule has 0 aliphatic rings. The number of fused-ring (bicyclic) bond motifs is 1. The zero-order valence-electron chi connectivity index (χ0n) is 13.6. The molecule has 3 rings (SSSR count). The molecule has 0 saturated carbocycles. The highest BCUT2D eigenvalue weighted by Crippen LogP contribution is 2.25. The maximum Gasteiger partial charge on any atom is 0.349 e. The minimum atomic E-state index is -0.546. The van der Waals surface area contributed by atoms with Gasteiger partial charge in [-0.3, -0.25) is 0 Å². The number of rotatable bonds is 5. The standard InChI is InChI=1S/C20H15NO4/c1-23-17-8-6-14-7-9-18(11-16(14)10-17)25-20(22)13-24-19-5-3-2-4-15(19)12-21/h2-11H,13H2,1H3. The third kappa shape index (κ3) is 3.88. The van der Waals surface area contributed by atoms with Gasteiger partial charge in [-0.25, -0.2) is 4.79 Å². The average molecular weight is 333 g/mol. The normalized spacial score (nSPS) is 10.1. The Bertz CT molecular complexity index is 959. The van der Waals surface area contributed by atoms with Gasteiger partial charge in [-0.05, 0) is 47.2 Å². The summed E-state index contributed by atoms with van der Waals surface area (Å²) in [7, 11) is 1.60. The molecule has 5 heteroatoms. The Balaban J connectivity index is 1.68. The Morgan fingerprint density at radius 3 is 2.48 bits per heavy atom. The van der Waals surface area contributed by atoms with Gasteiger partial charge >= 0.3 is 5.97 Å². The molecule has 0 spiro atoms. The monoisotopic (exact) mass is 333 g/mol. The molecule has 0 atom stereocenters. The van der Waals surface area contributed by atoms with Crippen LogP contribution in [0.25, 0.3) is 10.8 Å². The number of hydrogen-bond acceptors (Lipinski definition) is 5. The molecular weight excluding hydrogens is 318 g/mol. The van der Waals surface area contributed by atoms with Gasteiger partial charge < -0.3 is 14.2 Å². The molecule has 0 heterocycles. The van der Waals surface area contributed by atoms with Gasteiger partial charge in [-0.2, -0.15) is 5.26 Å². The lowest BCUT2D eigenvalue weighted by Gasteiger charge is -2.09. The van der Waals surface area contributed by atoms with E-state index in [0.717, 1.165) is 16.5 Å². The maximum atomic E-state index is 12.0. The summed E-state index contributed by atoms with van der Waals surface area (Å²) in [5, 5.41) is 10.9. The second-order valence-electron chi connectivity index (χ2n) is 5.25. The van der Waals surface area contributed by atoms with Crippen molar-refractivity contribution < 1.29 is 19.0 Å². The average Bonchev–Trinajstić information content (AvgIpc) is 2.66. The van der Waals surface area contributed by atoms with Crippen molar-refractivity contribution >= 4 is 16.7 Å². The first-order chi connectivity index (χ1) is 12.2. The van der Waals surface area contributed by atoms with E-state index in [1.807, 2.05) is 30.3 Å². The molecule has 0 saturated heterocycles. The second-order valence-corrected chi connectivity index (χ2v) is 5.25. The van der Waals surface area contributed by atoms with E-state index < -0.39 is 5.97 Å². The number of nitriles is 1. The number of carbonyl (C=O) groups is 1. The fourth-order valence-electron chi connectivity index (χ4n) is 2.38. The highest BCUT2D eigenvalue weighted by molar-refractivity contribution is 5.86. The fourth-order valence-corrected chi connectivity index (χ4v) is 2.38. The van der Waals surface area contributed by atoms with Crippen LogP contribution in [0.1, 0.15) is 5.56 Å². The molecular formula is C20H15NO4. The highest BCUT2D eigenvalue weighted by atomic mass is 16.6. The van der Waals surface area contributed by atoms with E-state index in [-0.39, 0.29) is 6.61 Å². The minimum absolute atomic E-state index is 0.283. The smallest absolute Gasteiger partial charge is 0.349 e. The Morgan fingerprint density at radius 1 is 1.00 bits per heavy atom. The van der Waals surface area contributed by atoms with Crippen molar-refractivity contribution in [1.29, 1.82) is 5.26 Å². The zero-order chi connectivity index (χ0) is 17.6. The first-order valence-electron chi connectivity index (χ1n) is 7.60. The van der Waals surface area contributed by atoms with Crippen LogP contribution in [0.5, 0.6) is 17.2 Å². The molecule has 0 unspecified atom stereocenters. The van der Waals surface area contributed by atoms with E-state index in [2.05, 4.69) is 0 Å². The number of methoxy groups -OCH3 is 1. The van der Waals surface area contributed by atoms with Gasteiger partial charge in [0.1, 0.15) is 23.3 Å². The van der Waals surface area contributed by atoms with Crippen LogP contribution in [-0.2, 0) is 4.79 Å². The molecule has 0 N–H and O–H groups in total. The van der Waals surface area contributed by atoms with E-state index in [0.29, 0.717) is 17.1 Å². The van der Waals surface area contributed by atoms with Gasteiger partial charge in [0.15, 0.2) is 6.61 Å². The van der Waals surface area contributed by atoms with Gasteiger partial charge in [0, 0.05) is 0 Å². The van der Waals surface area contributed by atoms with Crippen molar-refractivity contribution in [3.8, 4) is 23.3 Å². The number of carbonyl (C=O) groups excluding carboxylic acids is 1. The molecule has 0 aromatic heterocycles. The van der Waals surface area contributed by atoms with Crippen LogP contribution < -0.4 is 14.2 Å². The number of ether oxygens (including phenoxy) is 3. The predicted octanol–water partition coefficient (Wildman–Crippen LogP) is 3.70. The van der Waals surface area contributed by atoms with Gasteiger partial charge in [0.05, 0.1) is 12.7 Å². The van der Waals surface area contributed by atoms with Crippen molar-refractivity contribution in [2.24, 2.45) is 0 Å². The van der Waals surface area contributed by atoms with E-state index >= 15 is 0 Å². The Hall–Kier alpha value is -3.52. The van der Waals surface area contributed by atoms with Gasteiger partial charge in [0.25, 0.3) is 0 Å². The summed E-state index contributed by atoms with van der Waals surface area (Å²) in [4.78, 5) is 12.0. The predicted molar refractivity (Wildman–Crippen MR) is 92.8 cm³/mol. The third-order valence-corrected chi connectivity index (χ3v) is 3.60. The van der Waals surface area contributed by atoms with E-state index in [1.54, 1.807) is 43.5 Å². The van der Waals surface area contributed by atoms with Gasteiger partial charge in [0.2, 0.25) is 0 Å².